The third-order valence-corrected chi connectivity index (χ3v) is 4.46. The lowest BCUT2D eigenvalue weighted by molar-refractivity contribution is -0.118. The molecule has 1 amide bonds. The van der Waals surface area contributed by atoms with Gasteiger partial charge in [-0.05, 0) is 23.6 Å². The fraction of sp³-hybridized carbons (Fsp3) is 0.316. The van der Waals surface area contributed by atoms with Crippen LogP contribution in [0.15, 0.2) is 36.4 Å². The van der Waals surface area contributed by atoms with Crippen LogP contribution in [0.1, 0.15) is 25.3 Å². The van der Waals surface area contributed by atoms with E-state index in [0.717, 1.165) is 5.56 Å². The maximum atomic E-state index is 12.9. The molecule has 0 aliphatic heterocycles. The highest BCUT2D eigenvalue weighted by Gasteiger charge is 2.25. The van der Waals surface area contributed by atoms with Crippen molar-refractivity contribution < 1.29 is 14.3 Å². The van der Waals surface area contributed by atoms with Crippen LogP contribution in [-0.2, 0) is 4.79 Å². The van der Waals surface area contributed by atoms with Crippen molar-refractivity contribution in [2.45, 2.75) is 19.8 Å². The molecule has 0 heterocycles. The summed E-state index contributed by atoms with van der Waals surface area (Å²) < 4.78 is 10.5. The topological polar surface area (TPSA) is 47.6 Å². The minimum absolute atomic E-state index is 0.0985. The van der Waals surface area contributed by atoms with E-state index in [0.29, 0.717) is 27.2 Å². The average molecular weight is 382 g/mol. The van der Waals surface area contributed by atoms with Crippen molar-refractivity contribution in [2.75, 3.05) is 19.5 Å². The molecule has 0 spiro atoms. The third kappa shape index (κ3) is 4.59. The number of amides is 1. The Morgan fingerprint density at radius 3 is 2.12 bits per heavy atom. The van der Waals surface area contributed by atoms with Crippen molar-refractivity contribution in [2.24, 2.45) is 5.92 Å². The van der Waals surface area contributed by atoms with Gasteiger partial charge in [0, 0.05) is 17.2 Å². The van der Waals surface area contributed by atoms with Gasteiger partial charge in [0.2, 0.25) is 5.91 Å². The summed E-state index contributed by atoms with van der Waals surface area (Å²) >= 11 is 12.1. The van der Waals surface area contributed by atoms with Crippen LogP contribution in [-0.4, -0.2) is 20.1 Å². The second-order valence-electron chi connectivity index (χ2n) is 5.95. The van der Waals surface area contributed by atoms with Gasteiger partial charge >= 0.3 is 0 Å². The molecule has 0 aliphatic rings. The number of benzene rings is 2. The summed E-state index contributed by atoms with van der Waals surface area (Å²) in [6.45, 7) is 4.00. The lowest BCUT2D eigenvalue weighted by Gasteiger charge is -2.22. The fourth-order valence-electron chi connectivity index (χ4n) is 2.68. The van der Waals surface area contributed by atoms with Gasteiger partial charge in [-0.25, -0.2) is 0 Å². The smallest absolute Gasteiger partial charge is 0.232 e. The van der Waals surface area contributed by atoms with Crippen LogP contribution in [0.4, 0.5) is 5.69 Å². The Morgan fingerprint density at radius 1 is 1.00 bits per heavy atom. The van der Waals surface area contributed by atoms with E-state index in [9.17, 15) is 4.79 Å². The first-order valence-electron chi connectivity index (χ1n) is 7.85. The highest BCUT2D eigenvalue weighted by Crippen LogP contribution is 2.37. The number of nitrogens with one attached hydrogen (secondary N) is 1. The van der Waals surface area contributed by atoms with E-state index in [1.54, 1.807) is 24.3 Å². The molecule has 1 atom stereocenters. The number of anilines is 1. The largest absolute Gasteiger partial charge is 0.495 e. The van der Waals surface area contributed by atoms with Gasteiger partial charge in [-0.2, -0.15) is 0 Å². The molecule has 0 saturated heterocycles. The highest BCUT2D eigenvalue weighted by molar-refractivity contribution is 6.32. The number of carbonyl (C=O) groups is 1. The molecule has 0 fully saturated rings. The Hall–Kier alpha value is -1.91. The summed E-state index contributed by atoms with van der Waals surface area (Å²) in [5, 5.41) is 3.97. The normalized spacial score (nSPS) is 12.0. The van der Waals surface area contributed by atoms with E-state index < -0.39 is 0 Å². The molecule has 0 unspecified atom stereocenters. The van der Waals surface area contributed by atoms with Gasteiger partial charge in [-0.3, -0.25) is 4.79 Å². The van der Waals surface area contributed by atoms with Crippen molar-refractivity contribution in [3.8, 4) is 11.5 Å². The number of ether oxygens (including phenoxy) is 2. The molecular formula is C19H21Cl2NO3. The van der Waals surface area contributed by atoms with Crippen molar-refractivity contribution >= 4 is 34.8 Å². The molecule has 6 heteroatoms. The molecule has 0 aromatic heterocycles. The minimum Gasteiger partial charge on any atom is -0.495 e. The monoisotopic (exact) mass is 381 g/mol. The SMILES string of the molecule is COc1cc(NC(=O)[C@H](c2ccc(Cl)cc2)C(C)C)c(OC)cc1Cl. The van der Waals surface area contributed by atoms with Gasteiger partial charge in [0.25, 0.3) is 0 Å². The van der Waals surface area contributed by atoms with E-state index in [1.165, 1.54) is 14.2 Å². The molecule has 134 valence electrons. The Balaban J connectivity index is 2.34. The third-order valence-electron chi connectivity index (χ3n) is 3.91. The van der Waals surface area contributed by atoms with E-state index in [2.05, 4.69) is 5.32 Å². The molecule has 2 aromatic carbocycles. The van der Waals surface area contributed by atoms with Crippen molar-refractivity contribution in [3.63, 3.8) is 0 Å². The number of carbonyl (C=O) groups excluding carboxylic acids is 1. The Kier molecular flexibility index (Phi) is 6.57. The average Bonchev–Trinajstić information content (AvgIpc) is 2.57. The van der Waals surface area contributed by atoms with Gasteiger partial charge in [0.15, 0.2) is 0 Å². The van der Waals surface area contributed by atoms with E-state index in [-0.39, 0.29) is 17.7 Å². The number of methoxy groups -OCH3 is 2. The Bertz CT molecular complexity index is 745. The molecule has 2 aromatic rings. The zero-order valence-electron chi connectivity index (χ0n) is 14.6. The standard InChI is InChI=1S/C19H21Cl2NO3/c1-11(2)18(12-5-7-13(20)8-6-12)19(23)22-15-10-16(24-3)14(21)9-17(15)25-4/h5-11,18H,1-4H3,(H,22,23)/t18-/m0/s1. The zero-order chi connectivity index (χ0) is 18.6. The van der Waals surface area contributed by atoms with E-state index in [1.807, 2.05) is 26.0 Å². The lowest BCUT2D eigenvalue weighted by Crippen LogP contribution is -2.25. The van der Waals surface area contributed by atoms with Gasteiger partial charge in [0.05, 0.1) is 30.8 Å². The summed E-state index contributed by atoms with van der Waals surface area (Å²) in [6.07, 6.45) is 0. The maximum absolute atomic E-state index is 12.9. The summed E-state index contributed by atoms with van der Waals surface area (Å²) in [5.74, 6) is 0.563. The lowest BCUT2D eigenvalue weighted by atomic mass is 9.87. The molecule has 0 radical (unpaired) electrons. The first-order valence-corrected chi connectivity index (χ1v) is 8.60. The molecule has 0 saturated carbocycles. The number of hydrogen-bond acceptors (Lipinski definition) is 3. The predicted octanol–water partition coefficient (Wildman–Crippen LogP) is 5.39. The van der Waals surface area contributed by atoms with Crippen molar-refractivity contribution in [3.05, 3.63) is 52.0 Å². The number of rotatable bonds is 6. The second-order valence-corrected chi connectivity index (χ2v) is 6.79. The molecule has 4 nitrogen and oxygen atoms in total. The highest BCUT2D eigenvalue weighted by atomic mass is 35.5. The second kappa shape index (κ2) is 8.45. The summed E-state index contributed by atoms with van der Waals surface area (Å²) in [5.41, 5.74) is 1.41. The van der Waals surface area contributed by atoms with E-state index in [4.69, 9.17) is 32.7 Å². The van der Waals surface area contributed by atoms with Crippen LogP contribution < -0.4 is 14.8 Å². The van der Waals surface area contributed by atoms with Gasteiger partial charge < -0.3 is 14.8 Å². The minimum atomic E-state index is -0.330. The van der Waals surface area contributed by atoms with Crippen molar-refractivity contribution in [1.82, 2.24) is 0 Å². The van der Waals surface area contributed by atoms with E-state index >= 15 is 0 Å². The van der Waals surface area contributed by atoms with Crippen LogP contribution in [0.3, 0.4) is 0 Å². The van der Waals surface area contributed by atoms with Crippen LogP contribution >= 0.6 is 23.2 Å². The first-order chi connectivity index (χ1) is 11.9. The maximum Gasteiger partial charge on any atom is 0.232 e. The summed E-state index contributed by atoms with van der Waals surface area (Å²) in [6, 6.07) is 10.6. The first kappa shape index (κ1) is 19.4. The molecule has 0 aliphatic carbocycles. The Labute approximate surface area is 158 Å². The van der Waals surface area contributed by atoms with Crippen LogP contribution in [0.2, 0.25) is 10.0 Å². The molecule has 2 rings (SSSR count). The predicted molar refractivity (Wildman–Crippen MR) is 102 cm³/mol. The quantitative estimate of drug-likeness (QED) is 0.729. The van der Waals surface area contributed by atoms with Gasteiger partial charge in [-0.1, -0.05) is 49.2 Å². The summed E-state index contributed by atoms with van der Waals surface area (Å²) in [7, 11) is 3.04. The van der Waals surface area contributed by atoms with Crippen LogP contribution in [0.25, 0.3) is 0 Å². The van der Waals surface area contributed by atoms with Crippen LogP contribution in [0.5, 0.6) is 11.5 Å². The Morgan fingerprint density at radius 2 is 1.60 bits per heavy atom. The van der Waals surface area contributed by atoms with Crippen LogP contribution in [0, 0.1) is 5.92 Å². The summed E-state index contributed by atoms with van der Waals surface area (Å²) in [4.78, 5) is 12.9. The molecule has 1 N–H and O–H groups in total. The number of hydrogen-bond donors (Lipinski definition) is 1. The fourth-order valence-corrected chi connectivity index (χ4v) is 3.03. The van der Waals surface area contributed by atoms with Gasteiger partial charge in [0.1, 0.15) is 11.5 Å². The van der Waals surface area contributed by atoms with Crippen molar-refractivity contribution in [1.29, 1.82) is 0 Å². The molecule has 0 bridgehead atoms. The molecular weight excluding hydrogens is 361 g/mol. The van der Waals surface area contributed by atoms with Gasteiger partial charge in [-0.15, -0.1) is 0 Å². The number of halogens is 2. The molecule has 25 heavy (non-hydrogen) atoms. The zero-order valence-corrected chi connectivity index (χ0v) is 16.1.